The number of rotatable bonds is 4. The van der Waals surface area contributed by atoms with Crippen molar-refractivity contribution in [2.24, 2.45) is 0 Å². The average Bonchev–Trinajstić information content (AvgIpc) is 2.21. The van der Waals surface area contributed by atoms with Gasteiger partial charge in [-0.3, -0.25) is 4.79 Å². The molecule has 0 bridgehead atoms. The SMILES string of the molecule is CC(=O)NC[C@@H]1C[C@@H](O)[C@@H](O)[C@H](OC(C)C)O1. The second kappa shape index (κ2) is 6.30. The predicted octanol–water partition coefficient (Wildman–Crippen LogP) is -0.616. The van der Waals surface area contributed by atoms with Crippen LogP contribution in [0, 0.1) is 0 Å². The molecule has 1 aliphatic rings. The lowest BCUT2D eigenvalue weighted by Crippen LogP contribution is -2.52. The standard InChI is InChI=1S/C11H21NO5/c1-6(2)16-11-10(15)9(14)4-8(17-11)5-12-7(3)13/h6,8-11,14-15H,4-5H2,1-3H3,(H,12,13)/t8-,9+,10+,11+/m0/s1. The van der Waals surface area contributed by atoms with Crippen molar-refractivity contribution < 1.29 is 24.5 Å². The number of carbonyl (C=O) groups excluding carboxylic acids is 1. The van der Waals surface area contributed by atoms with E-state index < -0.39 is 18.5 Å². The molecule has 0 aromatic carbocycles. The van der Waals surface area contributed by atoms with Gasteiger partial charge in [0.05, 0.1) is 18.3 Å². The molecule has 1 fully saturated rings. The predicted molar refractivity (Wildman–Crippen MR) is 60.2 cm³/mol. The molecule has 17 heavy (non-hydrogen) atoms. The number of nitrogens with one attached hydrogen (secondary N) is 1. The highest BCUT2D eigenvalue weighted by Crippen LogP contribution is 2.21. The highest BCUT2D eigenvalue weighted by Gasteiger charge is 2.37. The Bertz CT molecular complexity index is 258. The van der Waals surface area contributed by atoms with Crippen LogP contribution in [0.15, 0.2) is 0 Å². The molecule has 0 aromatic heterocycles. The van der Waals surface area contributed by atoms with Crippen molar-refractivity contribution >= 4 is 5.91 Å². The second-order valence-electron chi connectivity index (χ2n) is 4.54. The molecule has 1 aliphatic heterocycles. The van der Waals surface area contributed by atoms with Gasteiger partial charge in [-0.25, -0.2) is 0 Å². The summed E-state index contributed by atoms with van der Waals surface area (Å²) in [5.41, 5.74) is 0. The number of aliphatic hydroxyl groups excluding tert-OH is 2. The molecule has 3 N–H and O–H groups in total. The molecule has 100 valence electrons. The molecule has 0 radical (unpaired) electrons. The van der Waals surface area contributed by atoms with Crippen LogP contribution in [0.4, 0.5) is 0 Å². The Labute approximate surface area is 101 Å². The first-order valence-electron chi connectivity index (χ1n) is 5.81. The highest BCUT2D eigenvalue weighted by molar-refractivity contribution is 5.72. The lowest BCUT2D eigenvalue weighted by Gasteiger charge is -2.37. The van der Waals surface area contributed by atoms with Crippen LogP contribution in [0.1, 0.15) is 27.2 Å². The van der Waals surface area contributed by atoms with Gasteiger partial charge in [-0.1, -0.05) is 0 Å². The van der Waals surface area contributed by atoms with Gasteiger partial charge in [0.2, 0.25) is 5.91 Å². The molecule has 1 rings (SSSR count). The molecular weight excluding hydrogens is 226 g/mol. The Balaban J connectivity index is 2.50. The minimum absolute atomic E-state index is 0.110. The first-order chi connectivity index (χ1) is 7.90. The Morgan fingerprint density at radius 2 is 2.18 bits per heavy atom. The number of ether oxygens (including phenoxy) is 2. The lowest BCUT2D eigenvalue weighted by molar-refractivity contribution is -0.275. The van der Waals surface area contributed by atoms with Crippen LogP contribution >= 0.6 is 0 Å². The highest BCUT2D eigenvalue weighted by atomic mass is 16.7. The van der Waals surface area contributed by atoms with Crippen LogP contribution < -0.4 is 5.32 Å². The zero-order chi connectivity index (χ0) is 13.0. The summed E-state index contributed by atoms with van der Waals surface area (Å²) in [5, 5.41) is 22.0. The number of aliphatic hydroxyl groups is 2. The third kappa shape index (κ3) is 4.59. The summed E-state index contributed by atoms with van der Waals surface area (Å²) in [6, 6.07) is 0. The van der Waals surface area contributed by atoms with E-state index in [0.29, 0.717) is 6.54 Å². The van der Waals surface area contributed by atoms with Crippen LogP contribution in [0.5, 0.6) is 0 Å². The fraction of sp³-hybridized carbons (Fsp3) is 0.909. The molecule has 1 amide bonds. The smallest absolute Gasteiger partial charge is 0.216 e. The summed E-state index contributed by atoms with van der Waals surface area (Å²) in [6.45, 7) is 5.35. The van der Waals surface area contributed by atoms with E-state index >= 15 is 0 Å². The lowest BCUT2D eigenvalue weighted by atomic mass is 10.0. The summed E-state index contributed by atoms with van der Waals surface area (Å²) in [4.78, 5) is 10.8. The molecule has 0 unspecified atom stereocenters. The maximum atomic E-state index is 10.8. The monoisotopic (exact) mass is 247 g/mol. The van der Waals surface area contributed by atoms with Gasteiger partial charge in [-0.2, -0.15) is 0 Å². The maximum Gasteiger partial charge on any atom is 0.216 e. The van der Waals surface area contributed by atoms with E-state index in [2.05, 4.69) is 5.32 Å². The first-order valence-corrected chi connectivity index (χ1v) is 5.81. The topological polar surface area (TPSA) is 88.0 Å². The molecule has 1 heterocycles. The Kier molecular flexibility index (Phi) is 5.32. The van der Waals surface area contributed by atoms with Crippen LogP contribution in [-0.2, 0) is 14.3 Å². The van der Waals surface area contributed by atoms with E-state index in [1.807, 2.05) is 13.8 Å². The van der Waals surface area contributed by atoms with E-state index in [1.54, 1.807) is 0 Å². The number of hydrogen-bond donors (Lipinski definition) is 3. The fourth-order valence-corrected chi connectivity index (χ4v) is 1.69. The quantitative estimate of drug-likeness (QED) is 0.616. The fourth-order valence-electron chi connectivity index (χ4n) is 1.69. The van der Waals surface area contributed by atoms with Crippen LogP contribution in [-0.4, -0.2) is 53.4 Å². The van der Waals surface area contributed by atoms with Crippen LogP contribution in [0.2, 0.25) is 0 Å². The largest absolute Gasteiger partial charge is 0.390 e. The van der Waals surface area contributed by atoms with E-state index in [9.17, 15) is 15.0 Å². The van der Waals surface area contributed by atoms with E-state index in [-0.39, 0.29) is 24.5 Å². The average molecular weight is 247 g/mol. The van der Waals surface area contributed by atoms with Crippen molar-refractivity contribution in [1.29, 1.82) is 0 Å². The van der Waals surface area contributed by atoms with Crippen molar-refractivity contribution in [3.8, 4) is 0 Å². The van der Waals surface area contributed by atoms with Crippen LogP contribution in [0.3, 0.4) is 0 Å². The molecule has 6 heteroatoms. The Morgan fingerprint density at radius 1 is 1.53 bits per heavy atom. The summed E-state index contributed by atoms with van der Waals surface area (Å²) in [6.07, 6.45) is -2.98. The third-order valence-corrected chi connectivity index (χ3v) is 2.49. The first kappa shape index (κ1) is 14.4. The van der Waals surface area contributed by atoms with Crippen molar-refractivity contribution in [2.75, 3.05) is 6.54 Å². The van der Waals surface area contributed by atoms with Crippen molar-refractivity contribution in [3.63, 3.8) is 0 Å². The minimum atomic E-state index is -1.05. The van der Waals surface area contributed by atoms with Gasteiger partial charge in [0.1, 0.15) is 6.10 Å². The van der Waals surface area contributed by atoms with Gasteiger partial charge in [0, 0.05) is 19.9 Å². The second-order valence-corrected chi connectivity index (χ2v) is 4.54. The maximum absolute atomic E-state index is 10.8. The minimum Gasteiger partial charge on any atom is -0.390 e. The van der Waals surface area contributed by atoms with Crippen molar-refractivity contribution in [3.05, 3.63) is 0 Å². The van der Waals surface area contributed by atoms with Crippen molar-refractivity contribution in [1.82, 2.24) is 5.32 Å². The van der Waals surface area contributed by atoms with Gasteiger partial charge in [0.15, 0.2) is 6.29 Å². The van der Waals surface area contributed by atoms with Crippen LogP contribution in [0.25, 0.3) is 0 Å². The molecule has 0 spiro atoms. The zero-order valence-electron chi connectivity index (χ0n) is 10.4. The molecule has 0 aliphatic carbocycles. The normalized spacial score (nSPS) is 33.8. The van der Waals surface area contributed by atoms with Crippen molar-refractivity contribution in [2.45, 2.75) is 57.9 Å². The number of carbonyl (C=O) groups is 1. The molecule has 0 saturated carbocycles. The molecule has 0 aromatic rings. The third-order valence-electron chi connectivity index (χ3n) is 2.49. The van der Waals surface area contributed by atoms with E-state index in [4.69, 9.17) is 9.47 Å². The van der Waals surface area contributed by atoms with Gasteiger partial charge < -0.3 is 25.0 Å². The zero-order valence-corrected chi connectivity index (χ0v) is 10.4. The van der Waals surface area contributed by atoms with E-state index in [0.717, 1.165) is 0 Å². The van der Waals surface area contributed by atoms with Gasteiger partial charge in [-0.15, -0.1) is 0 Å². The summed E-state index contributed by atoms with van der Waals surface area (Å²) < 4.78 is 10.8. The molecule has 4 atom stereocenters. The van der Waals surface area contributed by atoms with Gasteiger partial charge >= 0.3 is 0 Å². The molecular formula is C11H21NO5. The summed E-state index contributed by atoms with van der Waals surface area (Å²) >= 11 is 0. The number of hydrogen-bond acceptors (Lipinski definition) is 5. The molecule has 6 nitrogen and oxygen atoms in total. The summed E-state index contributed by atoms with van der Waals surface area (Å²) in [5.74, 6) is -0.157. The van der Waals surface area contributed by atoms with Gasteiger partial charge in [-0.05, 0) is 13.8 Å². The summed E-state index contributed by atoms with van der Waals surface area (Å²) in [7, 11) is 0. The Morgan fingerprint density at radius 3 is 2.71 bits per heavy atom. The number of amides is 1. The van der Waals surface area contributed by atoms with Gasteiger partial charge in [0.25, 0.3) is 0 Å². The molecule has 1 saturated heterocycles. The Hall–Kier alpha value is -0.690. The van der Waals surface area contributed by atoms with E-state index in [1.165, 1.54) is 6.92 Å².